The molecular formula is C13H19NO. The van der Waals surface area contributed by atoms with Gasteiger partial charge in [0.25, 0.3) is 0 Å². The van der Waals surface area contributed by atoms with Crippen LogP contribution in [0.3, 0.4) is 0 Å². The second-order valence-corrected chi connectivity index (χ2v) is 4.42. The van der Waals surface area contributed by atoms with E-state index < -0.39 is 0 Å². The molecule has 1 aromatic rings. The number of benzene rings is 1. The first-order valence-electron chi connectivity index (χ1n) is 5.77. The lowest BCUT2D eigenvalue weighted by Gasteiger charge is -2.29. The summed E-state index contributed by atoms with van der Waals surface area (Å²) in [7, 11) is 0. The van der Waals surface area contributed by atoms with Gasteiger partial charge in [-0.3, -0.25) is 0 Å². The highest BCUT2D eigenvalue weighted by atomic mass is 16.3. The minimum absolute atomic E-state index is 0.182. The summed E-state index contributed by atoms with van der Waals surface area (Å²) in [4.78, 5) is 0. The molecule has 2 rings (SSSR count). The van der Waals surface area contributed by atoms with Gasteiger partial charge in [-0.25, -0.2) is 0 Å². The van der Waals surface area contributed by atoms with E-state index in [-0.39, 0.29) is 12.1 Å². The Morgan fingerprint density at radius 2 is 1.93 bits per heavy atom. The molecule has 2 unspecified atom stereocenters. The summed E-state index contributed by atoms with van der Waals surface area (Å²) in [6, 6.07) is 8.48. The van der Waals surface area contributed by atoms with Crippen LogP contribution in [0, 0.1) is 6.92 Å². The average Bonchev–Trinajstić information content (AvgIpc) is 2.24. The van der Waals surface area contributed by atoms with Crippen molar-refractivity contribution in [2.24, 2.45) is 0 Å². The Morgan fingerprint density at radius 3 is 2.67 bits per heavy atom. The molecule has 2 nitrogen and oxygen atoms in total. The number of nitrogens with one attached hydrogen (secondary N) is 1. The number of anilines is 1. The molecule has 1 aromatic carbocycles. The van der Waals surface area contributed by atoms with E-state index in [1.165, 1.54) is 12.0 Å². The normalized spacial score (nSPS) is 26.3. The summed E-state index contributed by atoms with van der Waals surface area (Å²) in [5.74, 6) is 0. The highest BCUT2D eigenvalue weighted by Gasteiger charge is 2.22. The maximum absolute atomic E-state index is 9.86. The van der Waals surface area contributed by atoms with E-state index in [1.807, 2.05) is 12.1 Å². The van der Waals surface area contributed by atoms with Gasteiger partial charge in [0.2, 0.25) is 0 Å². The minimum Gasteiger partial charge on any atom is -0.391 e. The standard InChI is InChI=1S/C13H19NO/c1-10-6-2-3-7-11(10)14-12-8-4-5-9-13(12)15/h2-3,6-7,12-15H,4-5,8-9H2,1H3. The molecule has 0 bridgehead atoms. The molecule has 1 saturated carbocycles. The van der Waals surface area contributed by atoms with Crippen LogP contribution < -0.4 is 5.32 Å². The zero-order valence-corrected chi connectivity index (χ0v) is 9.24. The van der Waals surface area contributed by atoms with E-state index in [0.717, 1.165) is 24.9 Å². The number of rotatable bonds is 2. The Labute approximate surface area is 91.3 Å². The van der Waals surface area contributed by atoms with Crippen LogP contribution in [0.15, 0.2) is 24.3 Å². The van der Waals surface area contributed by atoms with Crippen molar-refractivity contribution in [2.45, 2.75) is 44.8 Å². The van der Waals surface area contributed by atoms with Crippen LogP contribution in [0.2, 0.25) is 0 Å². The molecular weight excluding hydrogens is 186 g/mol. The molecule has 2 N–H and O–H groups in total. The second-order valence-electron chi connectivity index (χ2n) is 4.42. The van der Waals surface area contributed by atoms with Crippen LogP contribution in [0.5, 0.6) is 0 Å². The molecule has 82 valence electrons. The lowest BCUT2D eigenvalue weighted by atomic mass is 9.92. The third-order valence-electron chi connectivity index (χ3n) is 3.22. The van der Waals surface area contributed by atoms with Gasteiger partial charge in [-0.2, -0.15) is 0 Å². The van der Waals surface area contributed by atoms with Crippen LogP contribution in [0.25, 0.3) is 0 Å². The SMILES string of the molecule is Cc1ccccc1NC1CCCCC1O. The summed E-state index contributed by atoms with van der Waals surface area (Å²) < 4.78 is 0. The van der Waals surface area contributed by atoms with E-state index >= 15 is 0 Å². The average molecular weight is 205 g/mol. The molecule has 2 heteroatoms. The van der Waals surface area contributed by atoms with Crippen molar-refractivity contribution in [3.8, 4) is 0 Å². The lowest BCUT2D eigenvalue weighted by Crippen LogP contribution is -2.36. The fourth-order valence-electron chi connectivity index (χ4n) is 2.21. The monoisotopic (exact) mass is 205 g/mol. The van der Waals surface area contributed by atoms with E-state index in [1.54, 1.807) is 0 Å². The van der Waals surface area contributed by atoms with Crippen LogP contribution >= 0.6 is 0 Å². The van der Waals surface area contributed by atoms with Crippen molar-refractivity contribution in [3.05, 3.63) is 29.8 Å². The van der Waals surface area contributed by atoms with Gasteiger partial charge in [0.1, 0.15) is 0 Å². The summed E-state index contributed by atoms with van der Waals surface area (Å²) >= 11 is 0. The van der Waals surface area contributed by atoms with Gasteiger partial charge < -0.3 is 10.4 Å². The van der Waals surface area contributed by atoms with Crippen molar-refractivity contribution in [3.63, 3.8) is 0 Å². The maximum atomic E-state index is 9.86. The van der Waals surface area contributed by atoms with Crippen molar-refractivity contribution in [1.29, 1.82) is 0 Å². The third kappa shape index (κ3) is 2.51. The zero-order valence-electron chi connectivity index (χ0n) is 9.24. The largest absolute Gasteiger partial charge is 0.391 e. The molecule has 0 radical (unpaired) electrons. The fourth-order valence-corrected chi connectivity index (χ4v) is 2.21. The fraction of sp³-hybridized carbons (Fsp3) is 0.538. The molecule has 1 aliphatic carbocycles. The van der Waals surface area contributed by atoms with Crippen molar-refractivity contribution in [2.75, 3.05) is 5.32 Å². The highest BCUT2D eigenvalue weighted by Crippen LogP contribution is 2.23. The highest BCUT2D eigenvalue weighted by molar-refractivity contribution is 5.51. The van der Waals surface area contributed by atoms with Gasteiger partial charge in [-0.1, -0.05) is 31.0 Å². The predicted octanol–water partition coefficient (Wildman–Crippen LogP) is 2.71. The molecule has 0 saturated heterocycles. The number of aliphatic hydroxyl groups is 1. The molecule has 0 spiro atoms. The number of para-hydroxylation sites is 1. The van der Waals surface area contributed by atoms with Crippen LogP contribution in [0.1, 0.15) is 31.2 Å². The van der Waals surface area contributed by atoms with Crippen molar-refractivity contribution in [1.82, 2.24) is 0 Å². The van der Waals surface area contributed by atoms with E-state index in [9.17, 15) is 5.11 Å². The molecule has 15 heavy (non-hydrogen) atoms. The van der Waals surface area contributed by atoms with Gasteiger partial charge in [0, 0.05) is 5.69 Å². The minimum atomic E-state index is -0.182. The quantitative estimate of drug-likeness (QED) is 0.778. The molecule has 0 amide bonds. The Bertz CT molecular complexity index is 324. The second kappa shape index (κ2) is 4.67. The van der Waals surface area contributed by atoms with Crippen molar-refractivity contribution >= 4 is 5.69 Å². The van der Waals surface area contributed by atoms with Gasteiger partial charge in [0.15, 0.2) is 0 Å². The number of aliphatic hydroxyl groups excluding tert-OH is 1. The van der Waals surface area contributed by atoms with E-state index in [2.05, 4.69) is 24.4 Å². The Kier molecular flexibility index (Phi) is 3.27. The zero-order chi connectivity index (χ0) is 10.7. The van der Waals surface area contributed by atoms with Crippen molar-refractivity contribution < 1.29 is 5.11 Å². The summed E-state index contributed by atoms with van der Waals surface area (Å²) in [5.41, 5.74) is 2.40. The summed E-state index contributed by atoms with van der Waals surface area (Å²) in [5, 5.41) is 13.3. The summed E-state index contributed by atoms with van der Waals surface area (Å²) in [6.07, 6.45) is 4.21. The molecule has 0 aliphatic heterocycles. The molecule has 2 atom stereocenters. The molecule has 1 fully saturated rings. The third-order valence-corrected chi connectivity index (χ3v) is 3.22. The van der Waals surface area contributed by atoms with Crippen LogP contribution in [-0.2, 0) is 0 Å². The van der Waals surface area contributed by atoms with Gasteiger partial charge in [0.05, 0.1) is 12.1 Å². The summed E-state index contributed by atoms with van der Waals surface area (Å²) in [6.45, 7) is 2.09. The Morgan fingerprint density at radius 1 is 1.20 bits per heavy atom. The van der Waals surface area contributed by atoms with Crippen LogP contribution in [-0.4, -0.2) is 17.3 Å². The smallest absolute Gasteiger partial charge is 0.0741 e. The van der Waals surface area contributed by atoms with Crippen LogP contribution in [0.4, 0.5) is 5.69 Å². The first kappa shape index (κ1) is 10.5. The Balaban J connectivity index is 2.04. The van der Waals surface area contributed by atoms with E-state index in [0.29, 0.717) is 0 Å². The van der Waals surface area contributed by atoms with Gasteiger partial charge in [-0.15, -0.1) is 0 Å². The van der Waals surface area contributed by atoms with Gasteiger partial charge >= 0.3 is 0 Å². The number of hydrogen-bond acceptors (Lipinski definition) is 2. The predicted molar refractivity (Wildman–Crippen MR) is 63.1 cm³/mol. The topological polar surface area (TPSA) is 32.3 Å². The number of aryl methyl sites for hydroxylation is 1. The number of hydrogen-bond donors (Lipinski definition) is 2. The molecule has 0 heterocycles. The molecule has 1 aliphatic rings. The first-order chi connectivity index (χ1) is 7.27. The Hall–Kier alpha value is -1.02. The maximum Gasteiger partial charge on any atom is 0.0741 e. The van der Waals surface area contributed by atoms with E-state index in [4.69, 9.17) is 0 Å². The molecule has 0 aromatic heterocycles. The first-order valence-corrected chi connectivity index (χ1v) is 5.77. The van der Waals surface area contributed by atoms with Gasteiger partial charge in [-0.05, 0) is 31.4 Å². The lowest BCUT2D eigenvalue weighted by molar-refractivity contribution is 0.116.